The molecule has 0 radical (unpaired) electrons. The Balaban J connectivity index is 0.000000128. The van der Waals surface area contributed by atoms with E-state index in [1.165, 1.54) is 49.6 Å². The second-order valence-electron chi connectivity index (χ2n) is 20.9. The SMILES string of the molecule is Brc1ccc(-c2nnc(-c3ccccc3)o2)cc1.c1ccc(-c2nnc(-c3ccc(N(c4ccccc4)c4ccc(-n5c6ccccc6c6ccccc65)cc4)cc3)o2)cc1.c1ccc(Nc2ccc(C3c4ccccc4-c4ccccc43)cc2)cc1. The standard InChI is InChI=1S/C38H26N4O.C25H19N.C14H9BrN2O/c1-3-11-27(12-4-1)37-39-40-38(43-37)28-19-21-30(22-20-28)41(29-13-5-2-6-14-29)31-23-25-32(26-24-31)42-35-17-9-7-15-33(35)34-16-8-10-18-36(34)42;1-2-8-19(9-3-1)26-20-16-14-18(15-17-20)25-23-12-6-4-10-21(23)22-11-5-7-13-24(22)25;15-12-8-6-11(7-9-12)14-17-16-13(18-14)10-4-2-1-3-5-10/h1-26H;1-17,25-26H;1-9H. The van der Waals surface area contributed by atoms with Crippen LogP contribution in [0.3, 0.4) is 0 Å². The van der Waals surface area contributed by atoms with Crippen LogP contribution >= 0.6 is 15.9 Å². The lowest BCUT2D eigenvalue weighted by molar-refractivity contribution is 0.584. The molecule has 12 aromatic carbocycles. The lowest BCUT2D eigenvalue weighted by Gasteiger charge is -2.26. The third-order valence-electron chi connectivity index (χ3n) is 15.5. The van der Waals surface area contributed by atoms with Gasteiger partial charge >= 0.3 is 0 Å². The van der Waals surface area contributed by atoms with Crippen molar-refractivity contribution < 1.29 is 8.83 Å². The van der Waals surface area contributed by atoms with Crippen LogP contribution in [0, 0.1) is 0 Å². The first kappa shape index (κ1) is 53.8. The molecule has 0 bridgehead atoms. The Morgan fingerprint density at radius 1 is 0.333 bits per heavy atom. The van der Waals surface area contributed by atoms with Gasteiger partial charge in [0.2, 0.25) is 23.6 Å². The topological polar surface area (TPSA) is 98.0 Å². The van der Waals surface area contributed by atoms with Crippen molar-refractivity contribution in [3.05, 3.63) is 337 Å². The molecule has 416 valence electrons. The molecule has 0 fully saturated rings. The van der Waals surface area contributed by atoms with E-state index in [-0.39, 0.29) is 0 Å². The molecule has 0 atom stereocenters. The number of anilines is 5. The van der Waals surface area contributed by atoms with Crippen molar-refractivity contribution in [3.8, 4) is 62.6 Å². The van der Waals surface area contributed by atoms with E-state index in [1.54, 1.807) is 0 Å². The van der Waals surface area contributed by atoms with Gasteiger partial charge in [-0.3, -0.25) is 0 Å². The summed E-state index contributed by atoms with van der Waals surface area (Å²) < 4.78 is 15.0. The molecule has 9 nitrogen and oxygen atoms in total. The van der Waals surface area contributed by atoms with Gasteiger partial charge in [-0.15, -0.1) is 20.4 Å². The molecule has 15 aromatic rings. The molecule has 3 aromatic heterocycles. The molecular weight excluding hydrogens is 1130 g/mol. The third-order valence-corrected chi connectivity index (χ3v) is 16.0. The highest BCUT2D eigenvalue weighted by atomic mass is 79.9. The van der Waals surface area contributed by atoms with E-state index in [1.807, 2.05) is 121 Å². The Morgan fingerprint density at radius 2 is 0.701 bits per heavy atom. The summed E-state index contributed by atoms with van der Waals surface area (Å²) in [5.41, 5.74) is 19.4. The van der Waals surface area contributed by atoms with E-state index >= 15 is 0 Å². The summed E-state index contributed by atoms with van der Waals surface area (Å²) in [5.74, 6) is 2.38. The van der Waals surface area contributed by atoms with E-state index in [2.05, 4.69) is 245 Å². The predicted molar refractivity (Wildman–Crippen MR) is 356 cm³/mol. The number of aromatic nitrogens is 5. The molecule has 1 aliphatic rings. The number of benzene rings is 12. The zero-order valence-corrected chi connectivity index (χ0v) is 48.6. The zero-order valence-electron chi connectivity index (χ0n) is 47.0. The summed E-state index contributed by atoms with van der Waals surface area (Å²) in [6.07, 6.45) is 0. The number of hydrogen-bond acceptors (Lipinski definition) is 8. The van der Waals surface area contributed by atoms with Crippen molar-refractivity contribution in [2.45, 2.75) is 5.92 Å². The van der Waals surface area contributed by atoms with Gasteiger partial charge < -0.3 is 23.6 Å². The van der Waals surface area contributed by atoms with Gasteiger partial charge in [0.1, 0.15) is 0 Å². The lowest BCUT2D eigenvalue weighted by Crippen LogP contribution is -2.10. The predicted octanol–water partition coefficient (Wildman–Crippen LogP) is 20.7. The first-order valence-corrected chi connectivity index (χ1v) is 29.5. The van der Waals surface area contributed by atoms with Crippen LogP contribution in [0.4, 0.5) is 28.4 Å². The highest BCUT2D eigenvalue weighted by molar-refractivity contribution is 9.10. The summed E-state index contributed by atoms with van der Waals surface area (Å²) >= 11 is 3.39. The molecule has 3 heterocycles. The maximum atomic E-state index is 6.00. The van der Waals surface area contributed by atoms with Crippen LogP contribution in [0.15, 0.2) is 329 Å². The number of rotatable bonds is 11. The fourth-order valence-corrected chi connectivity index (χ4v) is 11.6. The minimum absolute atomic E-state index is 0.313. The van der Waals surface area contributed by atoms with Gasteiger partial charge in [0.05, 0.1) is 11.0 Å². The molecule has 0 amide bonds. The van der Waals surface area contributed by atoms with Crippen LogP contribution in [-0.2, 0) is 0 Å². The van der Waals surface area contributed by atoms with Crippen LogP contribution in [0.1, 0.15) is 22.6 Å². The first-order chi connectivity index (χ1) is 43.1. The quantitative estimate of drug-likeness (QED) is 0.137. The van der Waals surface area contributed by atoms with Crippen molar-refractivity contribution in [2.24, 2.45) is 0 Å². The minimum atomic E-state index is 0.313. The molecule has 1 N–H and O–H groups in total. The average Bonchev–Trinajstić information content (AvgIpc) is 2.98. The molecule has 1 aliphatic carbocycles. The van der Waals surface area contributed by atoms with Crippen LogP contribution in [-0.4, -0.2) is 25.0 Å². The summed E-state index contributed by atoms with van der Waals surface area (Å²) in [6, 6.07) is 109. The zero-order chi connectivity index (χ0) is 58.3. The Bertz CT molecular complexity index is 4670. The monoisotopic (exact) mass is 1190 g/mol. The molecule has 0 spiro atoms. The van der Waals surface area contributed by atoms with Gasteiger partial charge in [-0.25, -0.2) is 0 Å². The first-order valence-electron chi connectivity index (χ1n) is 28.7. The second kappa shape index (κ2) is 24.6. The smallest absolute Gasteiger partial charge is 0.248 e. The molecule has 0 saturated carbocycles. The van der Waals surface area contributed by atoms with E-state index in [4.69, 9.17) is 8.83 Å². The maximum absolute atomic E-state index is 6.00. The molecule has 16 rings (SSSR count). The molecule has 0 aliphatic heterocycles. The average molecular weight is 1190 g/mol. The van der Waals surface area contributed by atoms with Gasteiger partial charge in [-0.2, -0.15) is 0 Å². The van der Waals surface area contributed by atoms with Gasteiger partial charge in [0, 0.05) is 77.5 Å². The summed E-state index contributed by atoms with van der Waals surface area (Å²) in [4.78, 5) is 2.25. The highest BCUT2D eigenvalue weighted by Crippen LogP contribution is 2.48. The van der Waals surface area contributed by atoms with E-state index < -0.39 is 0 Å². The van der Waals surface area contributed by atoms with Crippen LogP contribution < -0.4 is 10.2 Å². The van der Waals surface area contributed by atoms with Gasteiger partial charge in [-0.05, 0) is 173 Å². The van der Waals surface area contributed by atoms with Crippen molar-refractivity contribution in [2.75, 3.05) is 10.2 Å². The molecule has 0 saturated heterocycles. The number of fused-ring (bicyclic) bond motifs is 6. The molecular formula is C77H54BrN7O2. The van der Waals surface area contributed by atoms with E-state index in [9.17, 15) is 0 Å². The van der Waals surface area contributed by atoms with Crippen LogP contribution in [0.5, 0.6) is 0 Å². The van der Waals surface area contributed by atoms with Crippen molar-refractivity contribution in [1.82, 2.24) is 25.0 Å². The minimum Gasteiger partial charge on any atom is -0.416 e. The van der Waals surface area contributed by atoms with Gasteiger partial charge in [-0.1, -0.05) is 186 Å². The fourth-order valence-electron chi connectivity index (χ4n) is 11.4. The molecule has 10 heteroatoms. The third kappa shape index (κ3) is 11.4. The van der Waals surface area contributed by atoms with Crippen LogP contribution in [0.25, 0.3) is 84.4 Å². The number of para-hydroxylation sites is 4. The van der Waals surface area contributed by atoms with Gasteiger partial charge in [0.25, 0.3) is 0 Å². The largest absolute Gasteiger partial charge is 0.416 e. The number of halogens is 1. The van der Waals surface area contributed by atoms with Crippen molar-refractivity contribution in [3.63, 3.8) is 0 Å². The Kier molecular flexibility index (Phi) is 15.2. The summed E-state index contributed by atoms with van der Waals surface area (Å²) in [6.45, 7) is 0. The van der Waals surface area contributed by atoms with Crippen molar-refractivity contribution >= 4 is 66.2 Å². The molecule has 0 unspecified atom stereocenters. The lowest BCUT2D eigenvalue weighted by atomic mass is 9.89. The Hall–Kier alpha value is -11.2. The normalized spacial score (nSPS) is 11.5. The van der Waals surface area contributed by atoms with E-state index in [0.29, 0.717) is 29.5 Å². The highest BCUT2D eigenvalue weighted by Gasteiger charge is 2.29. The fraction of sp³-hybridized carbons (Fsp3) is 0.0130. The van der Waals surface area contributed by atoms with Crippen LogP contribution in [0.2, 0.25) is 0 Å². The Morgan fingerprint density at radius 3 is 1.20 bits per heavy atom. The van der Waals surface area contributed by atoms with Gasteiger partial charge in [0.15, 0.2) is 0 Å². The Labute approximate surface area is 512 Å². The number of nitrogens with zero attached hydrogens (tertiary/aromatic N) is 6. The van der Waals surface area contributed by atoms with E-state index in [0.717, 1.165) is 60.9 Å². The summed E-state index contributed by atoms with van der Waals surface area (Å²) in [5, 5.41) is 22.6. The maximum Gasteiger partial charge on any atom is 0.248 e. The number of nitrogens with one attached hydrogen (secondary N) is 1. The molecule has 87 heavy (non-hydrogen) atoms. The number of hydrogen-bond donors (Lipinski definition) is 1. The second-order valence-corrected chi connectivity index (χ2v) is 21.8. The van der Waals surface area contributed by atoms with Crippen molar-refractivity contribution in [1.29, 1.82) is 0 Å². The summed E-state index contributed by atoms with van der Waals surface area (Å²) in [7, 11) is 0.